The van der Waals surface area contributed by atoms with Crippen molar-refractivity contribution >= 4 is 23.9 Å². The van der Waals surface area contributed by atoms with E-state index in [-0.39, 0.29) is 48.6 Å². The summed E-state index contributed by atoms with van der Waals surface area (Å²) in [6, 6.07) is 22.4. The number of rotatable bonds is 26. The quantitative estimate of drug-likeness (QED) is 0.0441. The van der Waals surface area contributed by atoms with Crippen LogP contribution in [0.25, 0.3) is 0 Å². The van der Waals surface area contributed by atoms with Crippen molar-refractivity contribution in [2.75, 3.05) is 85.3 Å². The van der Waals surface area contributed by atoms with Gasteiger partial charge in [-0.2, -0.15) is 0 Å². The highest BCUT2D eigenvalue weighted by molar-refractivity contribution is 5.74. The van der Waals surface area contributed by atoms with Crippen LogP contribution in [-0.2, 0) is 63.8 Å². The van der Waals surface area contributed by atoms with Crippen LogP contribution >= 0.6 is 0 Å². The molecule has 0 spiro atoms. The summed E-state index contributed by atoms with van der Waals surface area (Å²) in [5.41, 5.74) is 3.69. The molecule has 16 nitrogen and oxygen atoms in total. The first-order valence-electron chi connectivity index (χ1n) is 21.9. The molecule has 0 aromatic heterocycles. The van der Waals surface area contributed by atoms with E-state index >= 15 is 0 Å². The third-order valence-electron chi connectivity index (χ3n) is 11.7. The Morgan fingerprint density at radius 3 is 0.809 bits per heavy atom. The minimum atomic E-state index is -0.499. The molecular formula is C52H68O16. The second-order valence-electron chi connectivity index (χ2n) is 15.6. The second kappa shape index (κ2) is 29.0. The molecule has 0 unspecified atom stereocenters. The zero-order valence-corrected chi connectivity index (χ0v) is 41.4. The number of hydrogen-bond acceptors (Lipinski definition) is 16. The van der Waals surface area contributed by atoms with Crippen LogP contribution in [0.1, 0.15) is 47.9 Å². The smallest absolute Gasteiger partial charge is 0.309 e. The topological polar surface area (TPSA) is 179 Å². The lowest BCUT2D eigenvalue weighted by Gasteiger charge is -2.26. The fourth-order valence-corrected chi connectivity index (χ4v) is 8.03. The maximum absolute atomic E-state index is 12.9. The number of benzene rings is 4. The Kier molecular flexibility index (Phi) is 23.7. The van der Waals surface area contributed by atoms with Gasteiger partial charge in [0.05, 0.1) is 97.2 Å². The molecule has 4 rings (SSSR count). The fraction of sp³-hybridized carbons (Fsp3) is 0.462. The van der Waals surface area contributed by atoms with Crippen molar-refractivity contribution in [2.24, 2.45) is 23.7 Å². The van der Waals surface area contributed by atoms with E-state index in [0.717, 1.165) is 22.3 Å². The molecule has 16 heteroatoms. The van der Waals surface area contributed by atoms with Gasteiger partial charge in [0.15, 0.2) is 46.0 Å². The molecule has 0 aliphatic rings. The Hall–Kier alpha value is -6.84. The van der Waals surface area contributed by atoms with Crippen molar-refractivity contribution in [1.82, 2.24) is 0 Å². The molecule has 0 radical (unpaired) electrons. The molecule has 0 heterocycles. The summed E-state index contributed by atoms with van der Waals surface area (Å²) < 4.78 is 63.0. The van der Waals surface area contributed by atoms with E-state index in [4.69, 9.17) is 56.8 Å². The lowest BCUT2D eigenvalue weighted by atomic mass is 9.80. The fourth-order valence-electron chi connectivity index (χ4n) is 8.03. The maximum Gasteiger partial charge on any atom is 0.309 e. The minimum absolute atomic E-state index is 0.188. The molecule has 0 amide bonds. The van der Waals surface area contributed by atoms with Crippen LogP contribution in [0.15, 0.2) is 72.8 Å². The van der Waals surface area contributed by atoms with E-state index in [1.54, 1.807) is 69.0 Å². The van der Waals surface area contributed by atoms with Gasteiger partial charge in [-0.3, -0.25) is 19.2 Å². The van der Waals surface area contributed by atoms with Gasteiger partial charge >= 0.3 is 23.9 Å². The van der Waals surface area contributed by atoms with Crippen LogP contribution in [0.3, 0.4) is 0 Å². The molecule has 0 fully saturated rings. The summed E-state index contributed by atoms with van der Waals surface area (Å²) in [4.78, 5) is 49.7. The van der Waals surface area contributed by atoms with Gasteiger partial charge in [-0.15, -0.1) is 0 Å². The van der Waals surface area contributed by atoms with Crippen LogP contribution in [-0.4, -0.2) is 109 Å². The van der Waals surface area contributed by atoms with Crippen LogP contribution in [0.4, 0.5) is 0 Å². The Labute approximate surface area is 400 Å². The van der Waals surface area contributed by atoms with E-state index in [0.29, 0.717) is 84.5 Å². The highest BCUT2D eigenvalue weighted by Crippen LogP contribution is 2.36. The van der Waals surface area contributed by atoms with Crippen LogP contribution in [0.2, 0.25) is 0 Å². The predicted molar refractivity (Wildman–Crippen MR) is 253 cm³/mol. The molecule has 0 saturated carbocycles. The Bertz CT molecular complexity index is 2070. The van der Waals surface area contributed by atoms with E-state index in [1.807, 2.05) is 60.7 Å². The molecule has 0 bridgehead atoms. The van der Waals surface area contributed by atoms with Gasteiger partial charge in [0.25, 0.3) is 0 Å². The van der Waals surface area contributed by atoms with E-state index in [2.05, 4.69) is 0 Å². The number of carbonyl (C=O) groups is 4. The first-order chi connectivity index (χ1) is 32.8. The van der Waals surface area contributed by atoms with Gasteiger partial charge in [-0.25, -0.2) is 0 Å². The summed E-state index contributed by atoms with van der Waals surface area (Å²) >= 11 is 0. The molecule has 4 aromatic rings. The SMILES string of the molecule is COC(=O)CC[C@@H](Cc1ccc(OC)c(OC)c1)[C@H](Cc1ccc(OC)c(OC)c1)C(=O)OC.COC(=O)CC[C@H](Cc1ccc(OC)c(OC)c1)[C@@H](Cc1ccc(OC)c(OC)c1)C(=O)OC. The first kappa shape index (κ1) is 55.5. The minimum Gasteiger partial charge on any atom is -0.493 e. The maximum atomic E-state index is 12.9. The van der Waals surface area contributed by atoms with Crippen molar-refractivity contribution in [3.63, 3.8) is 0 Å². The van der Waals surface area contributed by atoms with Gasteiger partial charge in [-0.05, 0) is 121 Å². The largest absolute Gasteiger partial charge is 0.493 e. The number of esters is 4. The standard InChI is InChI=1S/2C26H34O8/c2*1-29-21-10-7-17(15-23(21)31-3)13-19(9-12-25(27)33-5)20(26(28)34-6)14-18-8-11-22(30-2)24(16-18)32-4/h2*7-8,10-11,15-16,19-20H,9,12-14H2,1-6H3/t2*19-,20-/m10/s1. The van der Waals surface area contributed by atoms with E-state index in [1.165, 1.54) is 28.4 Å². The van der Waals surface area contributed by atoms with Crippen molar-refractivity contribution in [1.29, 1.82) is 0 Å². The monoisotopic (exact) mass is 948 g/mol. The highest BCUT2D eigenvalue weighted by atomic mass is 16.5. The molecule has 4 atom stereocenters. The normalized spacial score (nSPS) is 12.3. The molecule has 0 saturated heterocycles. The zero-order chi connectivity index (χ0) is 50.2. The van der Waals surface area contributed by atoms with Gasteiger partial charge in [-0.1, -0.05) is 24.3 Å². The van der Waals surface area contributed by atoms with Gasteiger partial charge in [0.2, 0.25) is 0 Å². The molecule has 0 aliphatic heterocycles. The van der Waals surface area contributed by atoms with E-state index < -0.39 is 11.8 Å². The summed E-state index contributed by atoms with van der Waals surface area (Å²) in [7, 11) is 18.0. The summed E-state index contributed by atoms with van der Waals surface area (Å²) in [6.45, 7) is 0. The van der Waals surface area contributed by atoms with Crippen LogP contribution in [0, 0.1) is 23.7 Å². The van der Waals surface area contributed by atoms with Crippen LogP contribution in [0.5, 0.6) is 46.0 Å². The first-order valence-corrected chi connectivity index (χ1v) is 21.9. The average Bonchev–Trinajstić information content (AvgIpc) is 3.38. The van der Waals surface area contributed by atoms with Crippen molar-refractivity contribution in [3.05, 3.63) is 95.1 Å². The van der Waals surface area contributed by atoms with Gasteiger partial charge in [0.1, 0.15) is 0 Å². The Morgan fingerprint density at radius 1 is 0.338 bits per heavy atom. The highest BCUT2D eigenvalue weighted by Gasteiger charge is 2.32. The summed E-state index contributed by atoms with van der Waals surface area (Å²) in [5, 5.41) is 0. The van der Waals surface area contributed by atoms with Crippen LogP contribution < -0.4 is 37.9 Å². The molecular weight excluding hydrogens is 881 g/mol. The number of ether oxygens (including phenoxy) is 12. The third-order valence-corrected chi connectivity index (χ3v) is 11.7. The molecule has 4 aromatic carbocycles. The van der Waals surface area contributed by atoms with Gasteiger partial charge in [0, 0.05) is 12.8 Å². The second-order valence-corrected chi connectivity index (χ2v) is 15.6. The predicted octanol–water partition coefficient (Wildman–Crippen LogP) is 7.73. The number of carbonyl (C=O) groups excluding carboxylic acids is 4. The van der Waals surface area contributed by atoms with Crippen molar-refractivity contribution < 1.29 is 76.0 Å². The number of methoxy groups -OCH3 is 12. The average molecular weight is 949 g/mol. The Morgan fingerprint density at radius 2 is 0.588 bits per heavy atom. The lowest BCUT2D eigenvalue weighted by Crippen LogP contribution is -2.29. The summed E-state index contributed by atoms with van der Waals surface area (Å²) in [6.07, 6.45) is 3.16. The molecule has 0 aliphatic carbocycles. The number of hydrogen-bond donors (Lipinski definition) is 0. The summed E-state index contributed by atoms with van der Waals surface area (Å²) in [5.74, 6) is 2.07. The Balaban J connectivity index is 0.000000360. The third kappa shape index (κ3) is 16.2. The molecule has 68 heavy (non-hydrogen) atoms. The van der Waals surface area contributed by atoms with E-state index in [9.17, 15) is 19.2 Å². The molecule has 372 valence electrons. The lowest BCUT2D eigenvalue weighted by molar-refractivity contribution is -0.149. The van der Waals surface area contributed by atoms with Crippen molar-refractivity contribution in [2.45, 2.75) is 51.4 Å². The van der Waals surface area contributed by atoms with Crippen molar-refractivity contribution in [3.8, 4) is 46.0 Å². The molecule has 0 N–H and O–H groups in total. The van der Waals surface area contributed by atoms with Gasteiger partial charge < -0.3 is 56.8 Å². The zero-order valence-electron chi connectivity index (χ0n) is 41.4.